The van der Waals surface area contributed by atoms with Crippen LogP contribution in [0.1, 0.15) is 46.7 Å². The molecular formula is C25H22FN3O4. The highest BCUT2D eigenvalue weighted by Crippen LogP contribution is 2.34. The molecule has 7 nitrogen and oxygen atoms in total. The van der Waals surface area contributed by atoms with Gasteiger partial charge in [0.1, 0.15) is 29.1 Å². The van der Waals surface area contributed by atoms with Gasteiger partial charge in [-0.15, -0.1) is 0 Å². The fraction of sp³-hybridized carbons (Fsp3) is 0.240. The topological polar surface area (TPSA) is 81.6 Å². The Kier molecular flexibility index (Phi) is 5.64. The molecular weight excluding hydrogens is 425 g/mol. The van der Waals surface area contributed by atoms with Crippen LogP contribution in [-0.2, 0) is 6.42 Å². The van der Waals surface area contributed by atoms with Crippen LogP contribution < -0.4 is 4.74 Å². The lowest BCUT2D eigenvalue weighted by Crippen LogP contribution is -2.30. The molecule has 2 aromatic carbocycles. The van der Waals surface area contributed by atoms with E-state index in [1.165, 1.54) is 12.1 Å². The number of oxazole rings is 1. The van der Waals surface area contributed by atoms with Gasteiger partial charge < -0.3 is 18.6 Å². The third kappa shape index (κ3) is 4.37. The molecule has 8 heteroatoms. The zero-order valence-electron chi connectivity index (χ0n) is 18.0. The lowest BCUT2D eigenvalue weighted by Gasteiger charge is -2.20. The maximum absolute atomic E-state index is 13.5. The molecule has 0 radical (unpaired) electrons. The van der Waals surface area contributed by atoms with E-state index in [0.29, 0.717) is 30.3 Å². The third-order valence-corrected chi connectivity index (χ3v) is 5.74. The SMILES string of the molecule is COc1ccc(-c2cc(C(=O)N3CCCC3c3ncc(Cc4cccc(F)c4)o3)on2)cc1. The van der Waals surface area contributed by atoms with E-state index in [4.69, 9.17) is 13.7 Å². The van der Waals surface area contributed by atoms with E-state index in [1.54, 1.807) is 30.3 Å². The highest BCUT2D eigenvalue weighted by molar-refractivity contribution is 5.92. The molecule has 0 spiro atoms. The Morgan fingerprint density at radius 2 is 2.06 bits per heavy atom. The van der Waals surface area contributed by atoms with Crippen molar-refractivity contribution in [3.8, 4) is 17.0 Å². The zero-order chi connectivity index (χ0) is 22.8. The molecule has 1 aliphatic heterocycles. The zero-order valence-corrected chi connectivity index (χ0v) is 18.0. The highest BCUT2D eigenvalue weighted by Gasteiger charge is 2.35. The van der Waals surface area contributed by atoms with Crippen molar-refractivity contribution in [1.82, 2.24) is 15.0 Å². The summed E-state index contributed by atoms with van der Waals surface area (Å²) >= 11 is 0. The number of amides is 1. The third-order valence-electron chi connectivity index (χ3n) is 5.74. The molecule has 1 atom stereocenters. The van der Waals surface area contributed by atoms with Gasteiger partial charge in [-0.2, -0.15) is 0 Å². The first-order chi connectivity index (χ1) is 16.1. The molecule has 5 rings (SSSR count). The van der Waals surface area contributed by atoms with Crippen LogP contribution in [0.4, 0.5) is 4.39 Å². The van der Waals surface area contributed by atoms with E-state index < -0.39 is 0 Å². The van der Waals surface area contributed by atoms with Crippen molar-refractivity contribution >= 4 is 5.91 Å². The minimum absolute atomic E-state index is 0.166. The van der Waals surface area contributed by atoms with Crippen LogP contribution in [0.25, 0.3) is 11.3 Å². The van der Waals surface area contributed by atoms with Crippen LogP contribution in [0, 0.1) is 5.82 Å². The Balaban J connectivity index is 1.31. The summed E-state index contributed by atoms with van der Waals surface area (Å²) in [6, 6.07) is 15.1. The number of carbonyl (C=O) groups excluding carboxylic acids is 1. The largest absolute Gasteiger partial charge is 0.497 e. The molecule has 3 heterocycles. The van der Waals surface area contributed by atoms with Crippen LogP contribution in [0.2, 0.25) is 0 Å². The van der Waals surface area contributed by atoms with Gasteiger partial charge >= 0.3 is 0 Å². The van der Waals surface area contributed by atoms with E-state index in [0.717, 1.165) is 29.7 Å². The van der Waals surface area contributed by atoms with Gasteiger partial charge in [-0.25, -0.2) is 9.37 Å². The number of rotatable bonds is 6. The lowest BCUT2D eigenvalue weighted by atomic mass is 10.1. The molecule has 1 aliphatic rings. The molecule has 33 heavy (non-hydrogen) atoms. The molecule has 1 unspecified atom stereocenters. The summed E-state index contributed by atoms with van der Waals surface area (Å²) in [5, 5.41) is 4.06. The van der Waals surface area contributed by atoms with Crippen LogP contribution in [-0.4, -0.2) is 34.6 Å². The standard InChI is InChI=1S/C25H22FN3O4/c1-31-19-9-7-17(8-10-19)21-14-23(33-28-21)25(30)29-11-3-6-22(29)24-27-15-20(32-24)13-16-4-2-5-18(26)12-16/h2,4-5,7-10,12,14-15,22H,3,6,11,13H2,1H3. The second-order valence-corrected chi connectivity index (χ2v) is 7.93. The van der Waals surface area contributed by atoms with Crippen molar-refractivity contribution in [3.05, 3.63) is 89.6 Å². The maximum atomic E-state index is 13.5. The van der Waals surface area contributed by atoms with Gasteiger partial charge in [0.05, 0.1) is 13.3 Å². The number of carbonyl (C=O) groups is 1. The maximum Gasteiger partial charge on any atom is 0.293 e. The summed E-state index contributed by atoms with van der Waals surface area (Å²) in [4.78, 5) is 19.3. The van der Waals surface area contributed by atoms with Gasteiger partial charge in [0.15, 0.2) is 0 Å². The number of methoxy groups -OCH3 is 1. The Morgan fingerprint density at radius 3 is 2.85 bits per heavy atom. The van der Waals surface area contributed by atoms with Crippen molar-refractivity contribution in [1.29, 1.82) is 0 Å². The molecule has 1 fully saturated rings. The van der Waals surface area contributed by atoms with Crippen molar-refractivity contribution in [3.63, 3.8) is 0 Å². The summed E-state index contributed by atoms with van der Waals surface area (Å²) in [6.45, 7) is 0.573. The molecule has 2 aromatic heterocycles. The molecule has 4 aromatic rings. The summed E-state index contributed by atoms with van der Waals surface area (Å²) in [5.41, 5.74) is 2.20. The second kappa shape index (κ2) is 8.90. The average molecular weight is 447 g/mol. The van der Waals surface area contributed by atoms with E-state index in [2.05, 4.69) is 10.1 Å². The first-order valence-electron chi connectivity index (χ1n) is 10.7. The van der Waals surface area contributed by atoms with Crippen LogP contribution in [0.5, 0.6) is 5.75 Å². The molecule has 0 bridgehead atoms. The average Bonchev–Trinajstić information content (AvgIpc) is 3.59. The van der Waals surface area contributed by atoms with Crippen molar-refractivity contribution < 1.29 is 22.9 Å². The molecule has 168 valence electrons. The summed E-state index contributed by atoms with van der Waals surface area (Å²) < 4.78 is 29.9. The number of benzene rings is 2. The number of likely N-dealkylation sites (tertiary alicyclic amines) is 1. The second-order valence-electron chi connectivity index (χ2n) is 7.93. The fourth-order valence-corrected chi connectivity index (χ4v) is 4.09. The Morgan fingerprint density at radius 1 is 1.21 bits per heavy atom. The Hall–Kier alpha value is -3.94. The highest BCUT2D eigenvalue weighted by atomic mass is 19.1. The minimum atomic E-state index is -0.291. The van der Waals surface area contributed by atoms with Crippen molar-refractivity contribution in [2.75, 3.05) is 13.7 Å². The van der Waals surface area contributed by atoms with E-state index >= 15 is 0 Å². The summed E-state index contributed by atoms with van der Waals surface area (Å²) in [7, 11) is 1.60. The summed E-state index contributed by atoms with van der Waals surface area (Å²) in [5.74, 6) is 1.45. The predicted molar refractivity (Wildman–Crippen MR) is 117 cm³/mol. The van der Waals surface area contributed by atoms with Crippen molar-refractivity contribution in [2.24, 2.45) is 0 Å². The molecule has 0 saturated carbocycles. The molecule has 0 N–H and O–H groups in total. The van der Waals surface area contributed by atoms with E-state index in [1.807, 2.05) is 30.3 Å². The smallest absolute Gasteiger partial charge is 0.293 e. The number of halogens is 1. The van der Waals surface area contributed by atoms with E-state index in [9.17, 15) is 9.18 Å². The molecule has 0 aliphatic carbocycles. The fourth-order valence-electron chi connectivity index (χ4n) is 4.09. The first kappa shape index (κ1) is 20.9. The molecule has 1 amide bonds. The number of nitrogens with zero attached hydrogens (tertiary/aromatic N) is 3. The van der Waals surface area contributed by atoms with Gasteiger partial charge in [0, 0.05) is 24.6 Å². The monoisotopic (exact) mass is 447 g/mol. The van der Waals surface area contributed by atoms with Gasteiger partial charge in [-0.1, -0.05) is 17.3 Å². The summed E-state index contributed by atoms with van der Waals surface area (Å²) in [6.07, 6.45) is 3.64. The van der Waals surface area contributed by atoms with Gasteiger partial charge in [0.2, 0.25) is 11.7 Å². The van der Waals surface area contributed by atoms with E-state index in [-0.39, 0.29) is 23.5 Å². The van der Waals surface area contributed by atoms with Crippen LogP contribution >= 0.6 is 0 Å². The quantitative estimate of drug-likeness (QED) is 0.412. The van der Waals surface area contributed by atoms with Crippen LogP contribution in [0.3, 0.4) is 0 Å². The minimum Gasteiger partial charge on any atom is -0.497 e. The number of hydrogen-bond donors (Lipinski definition) is 0. The Bertz CT molecular complexity index is 1260. The van der Waals surface area contributed by atoms with Gasteiger partial charge in [-0.3, -0.25) is 4.79 Å². The Labute approximate surface area is 189 Å². The number of aromatic nitrogens is 2. The van der Waals surface area contributed by atoms with Crippen molar-refractivity contribution in [2.45, 2.75) is 25.3 Å². The predicted octanol–water partition coefficient (Wildman–Crippen LogP) is 5.05. The first-order valence-corrected chi connectivity index (χ1v) is 10.7. The van der Waals surface area contributed by atoms with Gasteiger partial charge in [0.25, 0.3) is 5.91 Å². The number of hydrogen-bond acceptors (Lipinski definition) is 6. The normalized spacial score (nSPS) is 15.7. The lowest BCUT2D eigenvalue weighted by molar-refractivity contribution is 0.0672. The number of ether oxygens (including phenoxy) is 1. The molecule has 1 saturated heterocycles. The van der Waals surface area contributed by atoms with Crippen LogP contribution in [0.15, 0.2) is 69.7 Å². The van der Waals surface area contributed by atoms with Gasteiger partial charge in [-0.05, 0) is 54.8 Å².